The second kappa shape index (κ2) is 8.73. The number of esters is 1. The van der Waals surface area contributed by atoms with Crippen molar-refractivity contribution in [2.24, 2.45) is 5.92 Å². The molecule has 0 saturated heterocycles. The highest BCUT2D eigenvalue weighted by Gasteiger charge is 2.22. The van der Waals surface area contributed by atoms with Gasteiger partial charge in [-0.3, -0.25) is 14.4 Å². The molecule has 1 aromatic rings. The van der Waals surface area contributed by atoms with Crippen LogP contribution in [-0.4, -0.2) is 42.9 Å². The minimum atomic E-state index is -0.442. The molecule has 0 radical (unpaired) electrons. The molecule has 0 aliphatic rings. The van der Waals surface area contributed by atoms with Crippen molar-refractivity contribution >= 4 is 23.5 Å². The molecule has 1 unspecified atom stereocenters. The number of nitrogens with zero attached hydrogens (tertiary/aromatic N) is 1. The van der Waals surface area contributed by atoms with E-state index in [2.05, 4.69) is 16.6 Å². The Morgan fingerprint density at radius 3 is 2.65 bits per heavy atom. The van der Waals surface area contributed by atoms with Gasteiger partial charge in [-0.15, -0.1) is 6.58 Å². The number of carbonyl (C=O) groups excluding carboxylic acids is 3. The van der Waals surface area contributed by atoms with E-state index in [1.165, 1.54) is 18.9 Å². The maximum atomic E-state index is 12.6. The van der Waals surface area contributed by atoms with Gasteiger partial charge in [0.2, 0.25) is 5.91 Å². The van der Waals surface area contributed by atoms with Crippen LogP contribution in [0.5, 0.6) is 0 Å². The molecule has 1 atom stereocenters. The summed E-state index contributed by atoms with van der Waals surface area (Å²) in [6.45, 7) is 7.27. The van der Waals surface area contributed by atoms with Crippen LogP contribution in [0.25, 0.3) is 0 Å². The second-order valence-corrected chi connectivity index (χ2v) is 5.19. The molecule has 6 nitrogen and oxygen atoms in total. The number of hydrogen-bond acceptors (Lipinski definition) is 4. The summed E-state index contributed by atoms with van der Waals surface area (Å²) in [4.78, 5) is 36.8. The molecule has 0 saturated carbocycles. The molecule has 0 spiro atoms. The van der Waals surface area contributed by atoms with E-state index in [1.54, 1.807) is 37.3 Å². The molecule has 0 heterocycles. The quantitative estimate of drug-likeness (QED) is 0.617. The number of carbonyl (C=O) groups is 3. The second-order valence-electron chi connectivity index (χ2n) is 5.19. The van der Waals surface area contributed by atoms with Crippen LogP contribution in [0, 0.1) is 5.92 Å². The van der Waals surface area contributed by atoms with Crippen molar-refractivity contribution in [3.63, 3.8) is 0 Å². The number of anilines is 1. The van der Waals surface area contributed by atoms with E-state index >= 15 is 0 Å². The summed E-state index contributed by atoms with van der Waals surface area (Å²) in [5, 5.41) is 2.64. The van der Waals surface area contributed by atoms with Gasteiger partial charge in [0, 0.05) is 31.3 Å². The van der Waals surface area contributed by atoms with E-state index in [9.17, 15) is 14.4 Å². The van der Waals surface area contributed by atoms with Crippen molar-refractivity contribution in [3.8, 4) is 0 Å². The summed E-state index contributed by atoms with van der Waals surface area (Å²) in [6, 6.07) is 6.65. The maximum absolute atomic E-state index is 12.6. The molecule has 0 aliphatic carbocycles. The first-order valence-electron chi connectivity index (χ1n) is 7.24. The first-order valence-corrected chi connectivity index (χ1v) is 7.24. The summed E-state index contributed by atoms with van der Waals surface area (Å²) in [5.74, 6) is -1.27. The van der Waals surface area contributed by atoms with Gasteiger partial charge in [0.25, 0.3) is 5.91 Å². The molecule has 1 rings (SSSR count). The molecular formula is C17H22N2O4. The molecule has 0 bridgehead atoms. The van der Waals surface area contributed by atoms with Crippen LogP contribution < -0.4 is 5.32 Å². The zero-order valence-corrected chi connectivity index (χ0v) is 13.7. The topological polar surface area (TPSA) is 75.7 Å². The first kappa shape index (κ1) is 18.4. The summed E-state index contributed by atoms with van der Waals surface area (Å²) < 4.78 is 4.69. The van der Waals surface area contributed by atoms with Gasteiger partial charge in [0.15, 0.2) is 0 Å². The van der Waals surface area contributed by atoms with E-state index < -0.39 is 5.92 Å². The number of hydrogen-bond donors (Lipinski definition) is 1. The van der Waals surface area contributed by atoms with E-state index in [4.69, 9.17) is 0 Å². The van der Waals surface area contributed by atoms with Crippen molar-refractivity contribution in [2.75, 3.05) is 25.5 Å². The van der Waals surface area contributed by atoms with E-state index in [0.717, 1.165) is 0 Å². The molecule has 6 heteroatoms. The average Bonchev–Trinajstić information content (AvgIpc) is 2.52. The lowest BCUT2D eigenvalue weighted by molar-refractivity contribution is -0.145. The van der Waals surface area contributed by atoms with E-state index in [-0.39, 0.29) is 24.3 Å². The minimum absolute atomic E-state index is 0.211. The van der Waals surface area contributed by atoms with Crippen LogP contribution in [0.4, 0.5) is 5.69 Å². The largest absolute Gasteiger partial charge is 0.469 e. The number of benzene rings is 1. The average molecular weight is 318 g/mol. The van der Waals surface area contributed by atoms with Crippen LogP contribution >= 0.6 is 0 Å². The van der Waals surface area contributed by atoms with Crippen LogP contribution in [0.2, 0.25) is 0 Å². The van der Waals surface area contributed by atoms with E-state index in [1.807, 2.05) is 0 Å². The Balaban J connectivity index is 2.94. The van der Waals surface area contributed by atoms with Crippen LogP contribution in [-0.2, 0) is 14.3 Å². The summed E-state index contributed by atoms with van der Waals surface area (Å²) >= 11 is 0. The van der Waals surface area contributed by atoms with Crippen LogP contribution in [0.3, 0.4) is 0 Å². The van der Waals surface area contributed by atoms with Gasteiger partial charge in [-0.2, -0.15) is 0 Å². The van der Waals surface area contributed by atoms with Crippen LogP contribution in [0.15, 0.2) is 36.9 Å². The maximum Gasteiger partial charge on any atom is 0.310 e. The van der Waals surface area contributed by atoms with Gasteiger partial charge in [-0.05, 0) is 18.2 Å². The third kappa shape index (κ3) is 5.58. The summed E-state index contributed by atoms with van der Waals surface area (Å²) in [6.07, 6.45) is 1.60. The molecule has 0 fully saturated rings. The number of nitrogens with one attached hydrogen (secondary N) is 1. The Morgan fingerprint density at radius 1 is 1.39 bits per heavy atom. The standard InChI is InChI=1S/C17H22N2O4/c1-5-9-19(11-12(2)17(22)23-4)16(21)14-7-6-8-15(10-14)18-13(3)20/h5-8,10,12H,1,9,11H2,2-4H3,(H,18,20). The highest BCUT2D eigenvalue weighted by Crippen LogP contribution is 2.14. The lowest BCUT2D eigenvalue weighted by atomic mass is 10.1. The monoisotopic (exact) mass is 318 g/mol. The third-order valence-corrected chi connectivity index (χ3v) is 3.16. The number of rotatable bonds is 7. The van der Waals surface area contributed by atoms with Gasteiger partial charge in [0.1, 0.15) is 0 Å². The number of methoxy groups -OCH3 is 1. The first-order chi connectivity index (χ1) is 10.9. The fourth-order valence-electron chi connectivity index (χ4n) is 2.12. The molecule has 2 amide bonds. The van der Waals surface area contributed by atoms with Crippen molar-refractivity contribution in [1.29, 1.82) is 0 Å². The molecule has 0 aliphatic heterocycles. The minimum Gasteiger partial charge on any atom is -0.469 e. The lowest BCUT2D eigenvalue weighted by Gasteiger charge is -2.24. The Labute approximate surface area is 136 Å². The van der Waals surface area contributed by atoms with Crippen molar-refractivity contribution in [1.82, 2.24) is 4.90 Å². The van der Waals surface area contributed by atoms with Gasteiger partial charge in [-0.25, -0.2) is 0 Å². The predicted molar refractivity (Wildman–Crippen MR) is 88.0 cm³/mol. The molecule has 1 N–H and O–H groups in total. The summed E-state index contributed by atoms with van der Waals surface area (Å²) in [5.41, 5.74) is 0.970. The third-order valence-electron chi connectivity index (χ3n) is 3.16. The Morgan fingerprint density at radius 2 is 2.09 bits per heavy atom. The van der Waals surface area contributed by atoms with Crippen molar-refractivity contribution in [3.05, 3.63) is 42.5 Å². The van der Waals surface area contributed by atoms with E-state index in [0.29, 0.717) is 17.8 Å². The van der Waals surface area contributed by atoms with Gasteiger partial charge >= 0.3 is 5.97 Å². The zero-order chi connectivity index (χ0) is 17.4. The molecule has 0 aromatic heterocycles. The highest BCUT2D eigenvalue weighted by atomic mass is 16.5. The number of ether oxygens (including phenoxy) is 1. The van der Waals surface area contributed by atoms with Crippen LogP contribution in [0.1, 0.15) is 24.2 Å². The zero-order valence-electron chi connectivity index (χ0n) is 13.7. The van der Waals surface area contributed by atoms with Gasteiger partial charge in [0.05, 0.1) is 13.0 Å². The molecule has 23 heavy (non-hydrogen) atoms. The van der Waals surface area contributed by atoms with Gasteiger partial charge < -0.3 is 15.0 Å². The highest BCUT2D eigenvalue weighted by molar-refractivity contribution is 5.97. The Bertz CT molecular complexity index is 598. The normalized spacial score (nSPS) is 11.3. The van der Waals surface area contributed by atoms with Crippen molar-refractivity contribution in [2.45, 2.75) is 13.8 Å². The fourth-order valence-corrected chi connectivity index (χ4v) is 2.12. The smallest absolute Gasteiger partial charge is 0.310 e. The Kier molecular flexibility index (Phi) is 6.99. The SMILES string of the molecule is C=CCN(CC(C)C(=O)OC)C(=O)c1cccc(NC(C)=O)c1. The Hall–Kier alpha value is -2.63. The molecular weight excluding hydrogens is 296 g/mol. The van der Waals surface area contributed by atoms with Crippen molar-refractivity contribution < 1.29 is 19.1 Å². The fraction of sp³-hybridized carbons (Fsp3) is 0.353. The van der Waals surface area contributed by atoms with Gasteiger partial charge in [-0.1, -0.05) is 19.1 Å². The lowest BCUT2D eigenvalue weighted by Crippen LogP contribution is -2.37. The number of amides is 2. The molecule has 1 aromatic carbocycles. The molecule has 124 valence electrons. The predicted octanol–water partition coefficient (Wildman–Crippen LogP) is 2.08. The summed E-state index contributed by atoms with van der Waals surface area (Å²) in [7, 11) is 1.31.